The van der Waals surface area contributed by atoms with Gasteiger partial charge in [-0.1, -0.05) is 48.5 Å². The van der Waals surface area contributed by atoms with Crippen molar-refractivity contribution in [3.63, 3.8) is 0 Å². The Bertz CT molecular complexity index is 1120. The van der Waals surface area contributed by atoms with E-state index in [0.29, 0.717) is 30.9 Å². The van der Waals surface area contributed by atoms with Crippen molar-refractivity contribution in [3.05, 3.63) is 89.5 Å². The molecule has 3 aromatic rings. The van der Waals surface area contributed by atoms with Crippen molar-refractivity contribution in [2.75, 3.05) is 6.61 Å². The topological polar surface area (TPSA) is 104 Å². The van der Waals surface area contributed by atoms with Gasteiger partial charge in [0.05, 0.1) is 12.8 Å². The lowest BCUT2D eigenvalue weighted by molar-refractivity contribution is -0.122. The van der Waals surface area contributed by atoms with Crippen LogP contribution in [0.2, 0.25) is 0 Å². The van der Waals surface area contributed by atoms with Crippen LogP contribution in [0.15, 0.2) is 77.9 Å². The van der Waals surface area contributed by atoms with Crippen molar-refractivity contribution in [2.45, 2.75) is 32.0 Å². The fourth-order valence-corrected chi connectivity index (χ4v) is 3.64. The van der Waals surface area contributed by atoms with Crippen LogP contribution in [0.5, 0.6) is 17.2 Å². The fraction of sp³-hybridized carbons (Fsp3) is 0.231. The number of amides is 1. The Morgan fingerprint density at radius 1 is 1.06 bits per heavy atom. The van der Waals surface area contributed by atoms with E-state index in [4.69, 9.17) is 9.47 Å². The minimum atomic E-state index is -0.445. The van der Waals surface area contributed by atoms with Gasteiger partial charge in [-0.15, -0.1) is 0 Å². The molecule has 34 heavy (non-hydrogen) atoms. The van der Waals surface area contributed by atoms with E-state index >= 15 is 0 Å². The molecule has 4 rings (SSSR count). The number of ether oxygens (including phenoxy) is 2. The van der Waals surface area contributed by atoms with Gasteiger partial charge < -0.3 is 14.6 Å². The van der Waals surface area contributed by atoms with Crippen molar-refractivity contribution in [1.82, 2.24) is 16.3 Å². The van der Waals surface area contributed by atoms with Crippen LogP contribution in [0.25, 0.3) is 0 Å². The number of hydrogen-bond acceptors (Lipinski definition) is 7. The lowest BCUT2D eigenvalue weighted by atomic mass is 10.0. The van der Waals surface area contributed by atoms with Crippen molar-refractivity contribution in [2.24, 2.45) is 5.10 Å². The van der Waals surface area contributed by atoms with Gasteiger partial charge in [0, 0.05) is 11.6 Å². The molecular formula is C26H28N4O4. The first-order valence-electron chi connectivity index (χ1n) is 11.2. The maximum atomic E-state index is 12.5. The second-order valence-corrected chi connectivity index (χ2v) is 7.83. The number of phenolic OH excluding ortho intramolecular Hbond substituents is 1. The monoisotopic (exact) mass is 460 g/mol. The van der Waals surface area contributed by atoms with Crippen LogP contribution in [0.1, 0.15) is 36.1 Å². The molecule has 176 valence electrons. The highest BCUT2D eigenvalue weighted by atomic mass is 16.5. The van der Waals surface area contributed by atoms with E-state index in [9.17, 15) is 9.90 Å². The van der Waals surface area contributed by atoms with E-state index in [-0.39, 0.29) is 17.7 Å². The summed E-state index contributed by atoms with van der Waals surface area (Å²) in [5.41, 5.74) is 11.3. The number of carbonyl (C=O) groups excluding carboxylic acids is 1. The number of para-hydroxylation sites is 1. The molecule has 1 fully saturated rings. The van der Waals surface area contributed by atoms with E-state index in [1.165, 1.54) is 6.21 Å². The molecule has 4 N–H and O–H groups in total. The van der Waals surface area contributed by atoms with Gasteiger partial charge in [0.1, 0.15) is 18.4 Å². The molecule has 0 spiro atoms. The van der Waals surface area contributed by atoms with Gasteiger partial charge in [-0.05, 0) is 48.7 Å². The van der Waals surface area contributed by atoms with Gasteiger partial charge in [0.2, 0.25) is 0 Å². The summed E-state index contributed by atoms with van der Waals surface area (Å²) in [5.74, 6) is 0.881. The number of carbonyl (C=O) groups is 1. The number of nitrogens with one attached hydrogen (secondary N) is 3. The zero-order valence-electron chi connectivity index (χ0n) is 18.9. The Hall–Kier alpha value is -3.88. The first-order valence-corrected chi connectivity index (χ1v) is 11.2. The lowest BCUT2D eigenvalue weighted by Gasteiger charge is -2.11. The summed E-state index contributed by atoms with van der Waals surface area (Å²) in [7, 11) is 0. The first-order chi connectivity index (χ1) is 16.6. The summed E-state index contributed by atoms with van der Waals surface area (Å²) in [4.78, 5) is 12.5. The predicted molar refractivity (Wildman–Crippen MR) is 130 cm³/mol. The van der Waals surface area contributed by atoms with Crippen molar-refractivity contribution in [1.29, 1.82) is 0 Å². The smallest absolute Gasteiger partial charge is 0.258 e. The lowest BCUT2D eigenvalue weighted by Crippen LogP contribution is -2.41. The Balaban J connectivity index is 1.27. The quantitative estimate of drug-likeness (QED) is 0.288. The van der Waals surface area contributed by atoms with Crippen LogP contribution in [0, 0.1) is 0 Å². The van der Waals surface area contributed by atoms with E-state index < -0.39 is 6.04 Å². The van der Waals surface area contributed by atoms with E-state index in [1.807, 2.05) is 61.5 Å². The molecule has 8 heteroatoms. The molecular weight excluding hydrogens is 432 g/mol. The van der Waals surface area contributed by atoms with Gasteiger partial charge in [-0.3, -0.25) is 4.79 Å². The van der Waals surface area contributed by atoms with Gasteiger partial charge in [-0.25, -0.2) is 16.3 Å². The highest BCUT2D eigenvalue weighted by molar-refractivity contribution is 5.87. The average molecular weight is 461 g/mol. The van der Waals surface area contributed by atoms with Gasteiger partial charge in [-0.2, -0.15) is 5.10 Å². The van der Waals surface area contributed by atoms with Gasteiger partial charge >= 0.3 is 0 Å². The normalized spacial score (nSPS) is 17.6. The van der Waals surface area contributed by atoms with Crippen LogP contribution in [-0.2, 0) is 11.4 Å². The van der Waals surface area contributed by atoms with Gasteiger partial charge in [0.15, 0.2) is 11.5 Å². The minimum Gasteiger partial charge on any atom is -0.504 e. The van der Waals surface area contributed by atoms with Gasteiger partial charge in [0.25, 0.3) is 5.91 Å². The third-order valence-corrected chi connectivity index (χ3v) is 5.46. The predicted octanol–water partition coefficient (Wildman–Crippen LogP) is 3.43. The molecule has 2 atom stereocenters. The largest absolute Gasteiger partial charge is 0.504 e. The molecule has 0 saturated carbocycles. The van der Waals surface area contributed by atoms with Crippen LogP contribution in [0.3, 0.4) is 0 Å². The Labute approximate surface area is 198 Å². The second-order valence-electron chi connectivity index (χ2n) is 7.83. The number of hydrazone groups is 1. The van der Waals surface area contributed by atoms with Crippen molar-refractivity contribution >= 4 is 12.1 Å². The van der Waals surface area contributed by atoms with E-state index in [0.717, 1.165) is 16.9 Å². The molecule has 0 bridgehead atoms. The van der Waals surface area contributed by atoms with E-state index in [1.54, 1.807) is 18.2 Å². The summed E-state index contributed by atoms with van der Waals surface area (Å²) in [6.45, 7) is 2.79. The molecule has 1 heterocycles. The van der Waals surface area contributed by atoms with E-state index in [2.05, 4.69) is 21.4 Å². The summed E-state index contributed by atoms with van der Waals surface area (Å²) >= 11 is 0. The molecule has 0 radical (unpaired) electrons. The molecule has 2 unspecified atom stereocenters. The summed E-state index contributed by atoms with van der Waals surface area (Å²) in [6, 6.07) is 22.5. The summed E-state index contributed by atoms with van der Waals surface area (Å²) < 4.78 is 11.2. The Morgan fingerprint density at radius 3 is 2.62 bits per heavy atom. The van der Waals surface area contributed by atoms with Crippen LogP contribution < -0.4 is 25.8 Å². The number of nitrogens with zero attached hydrogens (tertiary/aromatic N) is 1. The SMILES string of the molecule is CCOc1cccc(/C=N/NC(=O)C2CC(c3ccc(OCc4ccccc4)cc3)NN2)c1O. The molecule has 1 aliphatic heterocycles. The number of rotatable bonds is 9. The highest BCUT2D eigenvalue weighted by Gasteiger charge is 2.30. The maximum absolute atomic E-state index is 12.5. The number of benzene rings is 3. The fourth-order valence-electron chi connectivity index (χ4n) is 3.64. The molecule has 0 aliphatic carbocycles. The van der Waals surface area contributed by atoms with Crippen molar-refractivity contribution < 1.29 is 19.4 Å². The number of hydrogen-bond donors (Lipinski definition) is 4. The molecule has 1 amide bonds. The highest BCUT2D eigenvalue weighted by Crippen LogP contribution is 2.28. The number of phenols is 1. The molecule has 8 nitrogen and oxygen atoms in total. The average Bonchev–Trinajstić information content (AvgIpc) is 3.37. The zero-order chi connectivity index (χ0) is 23.8. The second kappa shape index (κ2) is 11.3. The van der Waals surface area contributed by atoms with Crippen LogP contribution >= 0.6 is 0 Å². The van der Waals surface area contributed by atoms with Crippen molar-refractivity contribution in [3.8, 4) is 17.2 Å². The summed E-state index contributed by atoms with van der Waals surface area (Å²) in [6.07, 6.45) is 1.96. The third kappa shape index (κ3) is 5.92. The molecule has 1 saturated heterocycles. The number of hydrazine groups is 1. The first kappa shape index (κ1) is 23.3. The third-order valence-electron chi connectivity index (χ3n) is 5.46. The molecule has 1 aliphatic rings. The Morgan fingerprint density at radius 2 is 1.85 bits per heavy atom. The molecule has 3 aromatic carbocycles. The maximum Gasteiger partial charge on any atom is 0.258 e. The minimum absolute atomic E-state index is 0.0146. The molecule has 0 aromatic heterocycles. The standard InChI is InChI=1S/C26H28N4O4/c1-2-33-24-10-6-9-20(25(24)31)16-27-30-26(32)23-15-22(28-29-23)19-11-13-21(14-12-19)34-17-18-7-4-3-5-8-18/h3-14,16,22-23,28-29,31H,2,15,17H2,1H3,(H,30,32)/b27-16+. The zero-order valence-corrected chi connectivity index (χ0v) is 18.9. The number of aromatic hydroxyl groups is 1. The summed E-state index contributed by atoms with van der Waals surface area (Å²) in [5, 5.41) is 14.2. The van der Waals surface area contributed by atoms with Crippen LogP contribution in [0.4, 0.5) is 0 Å². The van der Waals surface area contributed by atoms with Crippen LogP contribution in [-0.4, -0.2) is 29.9 Å². The Kier molecular flexibility index (Phi) is 7.75.